The third-order valence-corrected chi connectivity index (χ3v) is 4.48. The number of hydrogen-bond donors (Lipinski definition) is 1. The van der Waals surface area contributed by atoms with Crippen molar-refractivity contribution in [3.8, 4) is 11.5 Å². The minimum Gasteiger partial charge on any atom is -0.454 e. The van der Waals surface area contributed by atoms with Crippen molar-refractivity contribution < 1.29 is 9.47 Å². The molecular weight excluding hydrogens is 312 g/mol. The van der Waals surface area contributed by atoms with Gasteiger partial charge in [0.2, 0.25) is 6.79 Å². The summed E-state index contributed by atoms with van der Waals surface area (Å²) in [6.07, 6.45) is 3.11. The van der Waals surface area contributed by atoms with Gasteiger partial charge in [0, 0.05) is 16.8 Å². The molecule has 0 atom stereocenters. The number of nitrogens with one attached hydrogen (secondary N) is 1. The molecule has 0 saturated heterocycles. The van der Waals surface area contributed by atoms with E-state index in [0.29, 0.717) is 22.2 Å². The van der Waals surface area contributed by atoms with Crippen molar-refractivity contribution in [3.05, 3.63) is 35.4 Å². The van der Waals surface area contributed by atoms with Gasteiger partial charge in [-0.05, 0) is 11.6 Å². The maximum absolute atomic E-state index is 6.27. The van der Waals surface area contributed by atoms with E-state index in [1.165, 1.54) is 6.33 Å². The predicted octanol–water partition coefficient (Wildman–Crippen LogP) is 3.03. The van der Waals surface area contributed by atoms with Crippen LogP contribution >= 0.6 is 23.4 Å². The number of aromatic amines is 1. The van der Waals surface area contributed by atoms with Crippen molar-refractivity contribution >= 4 is 34.5 Å². The van der Waals surface area contributed by atoms with Gasteiger partial charge in [0.25, 0.3) is 0 Å². The number of rotatable bonds is 3. The molecule has 8 heteroatoms. The first-order chi connectivity index (χ1) is 10.3. The number of nitrogens with zero attached hydrogens (tertiary/aromatic N) is 3. The van der Waals surface area contributed by atoms with Crippen LogP contribution in [0.4, 0.5) is 0 Å². The molecule has 1 N–H and O–H groups in total. The van der Waals surface area contributed by atoms with E-state index in [1.54, 1.807) is 24.2 Å². The van der Waals surface area contributed by atoms with E-state index < -0.39 is 0 Å². The first kappa shape index (κ1) is 12.7. The summed E-state index contributed by atoms with van der Waals surface area (Å²) in [5.41, 5.74) is 2.46. The predicted molar refractivity (Wildman–Crippen MR) is 78.8 cm³/mol. The highest BCUT2D eigenvalue weighted by Crippen LogP contribution is 2.38. The number of imidazole rings is 1. The van der Waals surface area contributed by atoms with Crippen molar-refractivity contribution in [2.75, 3.05) is 6.79 Å². The highest BCUT2D eigenvalue weighted by molar-refractivity contribution is 7.98. The average Bonchev–Trinajstić information content (AvgIpc) is 3.12. The van der Waals surface area contributed by atoms with Crippen LogP contribution in [0.25, 0.3) is 11.2 Å². The van der Waals surface area contributed by atoms with Crippen LogP contribution in [0.5, 0.6) is 11.5 Å². The van der Waals surface area contributed by atoms with Crippen LogP contribution in [0.15, 0.2) is 29.8 Å². The summed E-state index contributed by atoms with van der Waals surface area (Å²) < 4.78 is 10.7. The number of benzene rings is 1. The summed E-state index contributed by atoms with van der Waals surface area (Å²) in [5, 5.41) is 1.49. The minimum absolute atomic E-state index is 0.239. The number of fused-ring (bicyclic) bond motifs is 2. The van der Waals surface area contributed by atoms with Crippen molar-refractivity contribution in [1.29, 1.82) is 0 Å². The fourth-order valence-electron chi connectivity index (χ4n) is 2.07. The Morgan fingerprint density at radius 3 is 2.95 bits per heavy atom. The lowest BCUT2D eigenvalue weighted by Gasteiger charge is -2.06. The molecule has 1 aliphatic heterocycles. The van der Waals surface area contributed by atoms with Crippen LogP contribution in [-0.2, 0) is 5.75 Å². The molecule has 106 valence electrons. The molecule has 6 nitrogen and oxygen atoms in total. The third-order valence-electron chi connectivity index (χ3n) is 3.09. The van der Waals surface area contributed by atoms with Crippen molar-refractivity contribution in [2.45, 2.75) is 10.8 Å². The monoisotopic (exact) mass is 320 g/mol. The Morgan fingerprint density at radius 2 is 2.05 bits per heavy atom. The van der Waals surface area contributed by atoms with Gasteiger partial charge in [-0.1, -0.05) is 23.4 Å². The Hall–Kier alpha value is -1.99. The average molecular weight is 321 g/mol. The van der Waals surface area contributed by atoms with Gasteiger partial charge in [0.05, 0.1) is 6.33 Å². The number of aromatic nitrogens is 4. The second-order valence-corrected chi connectivity index (χ2v) is 5.74. The topological polar surface area (TPSA) is 72.9 Å². The highest BCUT2D eigenvalue weighted by Gasteiger charge is 2.17. The van der Waals surface area contributed by atoms with Gasteiger partial charge in [-0.25, -0.2) is 15.0 Å². The van der Waals surface area contributed by atoms with Gasteiger partial charge in [0.1, 0.15) is 16.9 Å². The molecule has 0 aliphatic carbocycles. The first-order valence-corrected chi connectivity index (χ1v) is 7.52. The molecular formula is C13H9ClN4O2S. The van der Waals surface area contributed by atoms with Gasteiger partial charge in [0.15, 0.2) is 17.1 Å². The Morgan fingerprint density at radius 1 is 1.19 bits per heavy atom. The summed E-state index contributed by atoms with van der Waals surface area (Å²) in [7, 11) is 0. The lowest BCUT2D eigenvalue weighted by atomic mass is 10.2. The Kier molecular flexibility index (Phi) is 3.08. The lowest BCUT2D eigenvalue weighted by molar-refractivity contribution is 0.174. The molecule has 3 aromatic rings. The third kappa shape index (κ3) is 2.28. The summed E-state index contributed by atoms with van der Waals surface area (Å²) in [6.45, 7) is 0.239. The Balaban J connectivity index is 1.61. The largest absolute Gasteiger partial charge is 0.454 e. The van der Waals surface area contributed by atoms with E-state index in [0.717, 1.165) is 21.9 Å². The van der Waals surface area contributed by atoms with E-state index in [9.17, 15) is 0 Å². The smallest absolute Gasteiger partial charge is 0.231 e. The molecule has 2 aromatic heterocycles. The zero-order valence-electron chi connectivity index (χ0n) is 10.7. The number of H-pyrrole nitrogens is 1. The molecule has 4 rings (SSSR count). The van der Waals surface area contributed by atoms with E-state index in [2.05, 4.69) is 19.9 Å². The number of ether oxygens (including phenoxy) is 2. The highest BCUT2D eigenvalue weighted by atomic mass is 35.5. The summed E-state index contributed by atoms with van der Waals surface area (Å²) in [6, 6.07) is 3.69. The summed E-state index contributed by atoms with van der Waals surface area (Å²) in [4.78, 5) is 15.5. The maximum atomic E-state index is 6.27. The second kappa shape index (κ2) is 5.09. The SMILES string of the molecule is Clc1cc2c(cc1CSc1ncnc3nc[nH]c13)OCO2. The quantitative estimate of drug-likeness (QED) is 0.590. The van der Waals surface area contributed by atoms with Crippen LogP contribution in [0.2, 0.25) is 5.02 Å². The van der Waals surface area contributed by atoms with Crippen molar-refractivity contribution in [1.82, 2.24) is 19.9 Å². The van der Waals surface area contributed by atoms with Crippen LogP contribution in [0.3, 0.4) is 0 Å². The summed E-state index contributed by atoms with van der Waals surface area (Å²) >= 11 is 7.83. The number of halogens is 1. The zero-order chi connectivity index (χ0) is 14.2. The normalized spacial score (nSPS) is 13.0. The Labute approximate surface area is 128 Å². The number of thioether (sulfide) groups is 1. The van der Waals surface area contributed by atoms with E-state index >= 15 is 0 Å². The zero-order valence-corrected chi connectivity index (χ0v) is 12.2. The molecule has 0 unspecified atom stereocenters. The van der Waals surface area contributed by atoms with E-state index in [4.69, 9.17) is 21.1 Å². The molecule has 0 radical (unpaired) electrons. The van der Waals surface area contributed by atoms with Crippen LogP contribution in [0.1, 0.15) is 5.56 Å². The second-order valence-electron chi connectivity index (χ2n) is 4.37. The molecule has 0 spiro atoms. The minimum atomic E-state index is 0.239. The summed E-state index contributed by atoms with van der Waals surface area (Å²) in [5.74, 6) is 2.08. The molecule has 0 amide bonds. The lowest BCUT2D eigenvalue weighted by Crippen LogP contribution is -1.92. The van der Waals surface area contributed by atoms with Gasteiger partial charge in [-0.15, -0.1) is 0 Å². The van der Waals surface area contributed by atoms with E-state index in [1.807, 2.05) is 6.07 Å². The van der Waals surface area contributed by atoms with Crippen LogP contribution in [0, 0.1) is 0 Å². The number of hydrogen-bond acceptors (Lipinski definition) is 6. The van der Waals surface area contributed by atoms with Gasteiger partial charge in [-0.2, -0.15) is 0 Å². The van der Waals surface area contributed by atoms with Crippen LogP contribution in [-0.4, -0.2) is 26.7 Å². The Bertz CT molecular complexity index is 823. The molecule has 0 saturated carbocycles. The standard InChI is InChI=1S/C13H9ClN4O2S/c14-8-2-10-9(19-6-20-10)1-7(8)3-21-13-11-12(16-4-15-11)17-5-18-13/h1-2,4-5H,3,6H2,(H,15,16,17,18). The molecule has 21 heavy (non-hydrogen) atoms. The van der Waals surface area contributed by atoms with Crippen molar-refractivity contribution in [2.24, 2.45) is 0 Å². The molecule has 3 heterocycles. The molecule has 0 bridgehead atoms. The first-order valence-electron chi connectivity index (χ1n) is 6.16. The fourth-order valence-corrected chi connectivity index (χ4v) is 3.32. The fraction of sp³-hybridized carbons (Fsp3) is 0.154. The van der Waals surface area contributed by atoms with Gasteiger partial charge < -0.3 is 14.5 Å². The molecule has 1 aromatic carbocycles. The van der Waals surface area contributed by atoms with Crippen molar-refractivity contribution in [3.63, 3.8) is 0 Å². The van der Waals surface area contributed by atoms with Crippen LogP contribution < -0.4 is 9.47 Å². The van der Waals surface area contributed by atoms with Gasteiger partial charge >= 0.3 is 0 Å². The molecule has 0 fully saturated rings. The maximum Gasteiger partial charge on any atom is 0.231 e. The van der Waals surface area contributed by atoms with E-state index in [-0.39, 0.29) is 6.79 Å². The molecule has 1 aliphatic rings. The van der Waals surface area contributed by atoms with Gasteiger partial charge in [-0.3, -0.25) is 0 Å².